The molecule has 24 heavy (non-hydrogen) atoms. The number of hydrogen-bond donors (Lipinski definition) is 2. The van der Waals surface area contributed by atoms with Gasteiger partial charge in [0.15, 0.2) is 0 Å². The lowest BCUT2D eigenvalue weighted by Gasteiger charge is -2.39. The van der Waals surface area contributed by atoms with E-state index in [2.05, 4.69) is 36.9 Å². The van der Waals surface area contributed by atoms with Crippen LogP contribution in [0.25, 0.3) is 0 Å². The van der Waals surface area contributed by atoms with Crippen molar-refractivity contribution in [2.75, 3.05) is 46.4 Å². The predicted molar refractivity (Wildman–Crippen MR) is 93.9 cm³/mol. The van der Waals surface area contributed by atoms with Gasteiger partial charge in [-0.2, -0.15) is 0 Å². The van der Waals surface area contributed by atoms with Crippen molar-refractivity contribution in [3.05, 3.63) is 11.6 Å². The van der Waals surface area contributed by atoms with Gasteiger partial charge in [0.05, 0.1) is 13.2 Å². The molecule has 2 N–H and O–H groups in total. The number of rotatable bonds is 6. The third-order valence-electron chi connectivity index (χ3n) is 5.61. The second kappa shape index (κ2) is 8.38. The van der Waals surface area contributed by atoms with E-state index in [0.717, 1.165) is 24.2 Å². The molecule has 0 unspecified atom stereocenters. The molecule has 3 rings (SSSR count). The van der Waals surface area contributed by atoms with Crippen molar-refractivity contribution in [1.29, 1.82) is 0 Å². The molecule has 0 bridgehead atoms. The molecule has 0 amide bonds. The highest BCUT2D eigenvalue weighted by Gasteiger charge is 2.29. The van der Waals surface area contributed by atoms with Crippen LogP contribution in [0.4, 0.5) is 0 Å². The van der Waals surface area contributed by atoms with Crippen LogP contribution in [0.3, 0.4) is 0 Å². The van der Waals surface area contributed by atoms with Gasteiger partial charge < -0.3 is 19.9 Å². The summed E-state index contributed by atoms with van der Waals surface area (Å²) in [5.74, 6) is 2.64. The van der Waals surface area contributed by atoms with E-state index >= 15 is 0 Å². The fraction of sp³-hybridized carbons (Fsp3) is 0.882. The molecule has 2 aliphatic heterocycles. The molecular weight excluding hydrogens is 304 g/mol. The normalized spacial score (nSPS) is 21.7. The minimum atomic E-state index is 0.177. The molecule has 0 saturated carbocycles. The quantitative estimate of drug-likeness (QED) is 0.772. The van der Waals surface area contributed by atoms with E-state index in [0.29, 0.717) is 12.5 Å². The van der Waals surface area contributed by atoms with Crippen molar-refractivity contribution in [3.63, 3.8) is 0 Å². The fourth-order valence-corrected chi connectivity index (χ4v) is 4.05. The van der Waals surface area contributed by atoms with Crippen LogP contribution >= 0.6 is 0 Å². The van der Waals surface area contributed by atoms with Gasteiger partial charge in [0.2, 0.25) is 0 Å². The summed E-state index contributed by atoms with van der Waals surface area (Å²) in [5, 5.41) is 21.4. The Morgan fingerprint density at radius 3 is 2.54 bits per heavy atom. The van der Waals surface area contributed by atoms with E-state index in [-0.39, 0.29) is 6.61 Å². The third kappa shape index (κ3) is 4.14. The molecule has 2 aliphatic rings. The van der Waals surface area contributed by atoms with Crippen LogP contribution in [0.2, 0.25) is 0 Å². The maximum absolute atomic E-state index is 9.03. The topological polar surface area (TPSA) is 69.4 Å². The largest absolute Gasteiger partial charge is 0.395 e. The number of aliphatic hydroxyl groups is 1. The van der Waals surface area contributed by atoms with Crippen LogP contribution < -0.4 is 5.32 Å². The van der Waals surface area contributed by atoms with Gasteiger partial charge in [0, 0.05) is 25.6 Å². The zero-order valence-electron chi connectivity index (χ0n) is 15.1. The summed E-state index contributed by atoms with van der Waals surface area (Å²) in [6.45, 7) is 6.27. The summed E-state index contributed by atoms with van der Waals surface area (Å²) in [6.07, 6.45) is 4.94. The average molecular weight is 336 g/mol. The van der Waals surface area contributed by atoms with Crippen LogP contribution in [0, 0.1) is 0 Å². The Morgan fingerprint density at radius 2 is 1.88 bits per heavy atom. The number of aromatic nitrogens is 3. The molecular formula is C17H32N6O. The Bertz CT molecular complexity index is 505. The Kier molecular flexibility index (Phi) is 6.21. The second-order valence-corrected chi connectivity index (χ2v) is 7.29. The van der Waals surface area contributed by atoms with Crippen molar-refractivity contribution in [3.8, 4) is 0 Å². The summed E-state index contributed by atoms with van der Waals surface area (Å²) >= 11 is 0. The third-order valence-corrected chi connectivity index (χ3v) is 5.61. The van der Waals surface area contributed by atoms with Crippen LogP contribution in [0.15, 0.2) is 0 Å². The van der Waals surface area contributed by atoms with Crippen LogP contribution in [-0.4, -0.2) is 82.1 Å². The fourth-order valence-electron chi connectivity index (χ4n) is 4.05. The highest BCUT2D eigenvalue weighted by molar-refractivity contribution is 5.03. The first kappa shape index (κ1) is 17.8. The molecule has 136 valence electrons. The molecule has 7 nitrogen and oxygen atoms in total. The smallest absolute Gasteiger partial charge is 0.146 e. The molecule has 2 saturated heterocycles. The summed E-state index contributed by atoms with van der Waals surface area (Å²) in [5.41, 5.74) is 0. The van der Waals surface area contributed by atoms with E-state index < -0.39 is 0 Å². The number of piperidine rings is 2. The number of nitrogens with zero attached hydrogens (tertiary/aromatic N) is 5. The number of aliphatic hydroxyl groups excluding tert-OH is 1. The van der Waals surface area contributed by atoms with Crippen LogP contribution in [-0.2, 0) is 13.6 Å². The zero-order valence-corrected chi connectivity index (χ0v) is 15.1. The Hall–Kier alpha value is -1.02. The van der Waals surface area contributed by atoms with E-state index in [1.165, 1.54) is 51.9 Å². The first-order chi connectivity index (χ1) is 11.7. The van der Waals surface area contributed by atoms with Crippen molar-refractivity contribution in [2.24, 2.45) is 7.05 Å². The summed E-state index contributed by atoms with van der Waals surface area (Å²) in [7, 11) is 4.08. The monoisotopic (exact) mass is 336 g/mol. The van der Waals surface area contributed by atoms with Gasteiger partial charge in [0.1, 0.15) is 11.6 Å². The van der Waals surface area contributed by atoms with Crippen LogP contribution in [0.1, 0.15) is 43.3 Å². The van der Waals surface area contributed by atoms with Gasteiger partial charge in [-0.1, -0.05) is 0 Å². The molecule has 1 aromatic heterocycles. The number of likely N-dealkylation sites (tertiary alicyclic amines) is 1. The standard InChI is InChI=1S/C17H32N6O/c1-21(11-12-24)13-16-19-20-17(22(16)2)14-5-9-23(10-6-14)15-3-7-18-8-4-15/h14-15,18,24H,3-13H2,1-2H3. The molecule has 0 aromatic carbocycles. The van der Waals surface area contributed by atoms with Gasteiger partial charge in [-0.25, -0.2) is 0 Å². The van der Waals surface area contributed by atoms with E-state index in [1.807, 2.05) is 7.05 Å². The summed E-state index contributed by atoms with van der Waals surface area (Å²) in [6, 6.07) is 0.773. The lowest BCUT2D eigenvalue weighted by molar-refractivity contribution is 0.124. The van der Waals surface area contributed by atoms with Crippen molar-refractivity contribution >= 4 is 0 Å². The maximum atomic E-state index is 9.03. The molecule has 0 spiro atoms. The molecule has 0 atom stereocenters. The number of hydrogen-bond acceptors (Lipinski definition) is 6. The van der Waals surface area contributed by atoms with Crippen LogP contribution in [0.5, 0.6) is 0 Å². The van der Waals surface area contributed by atoms with Gasteiger partial charge in [-0.3, -0.25) is 4.90 Å². The SMILES string of the molecule is CN(CCO)Cc1nnc(C2CCN(C3CCNCC3)CC2)n1C. The van der Waals surface area contributed by atoms with Gasteiger partial charge in [-0.05, 0) is 58.9 Å². The average Bonchev–Trinajstić information content (AvgIpc) is 2.97. The van der Waals surface area contributed by atoms with Crippen molar-refractivity contribution in [1.82, 2.24) is 29.9 Å². The molecule has 0 aliphatic carbocycles. The summed E-state index contributed by atoms with van der Waals surface area (Å²) in [4.78, 5) is 4.76. The van der Waals surface area contributed by atoms with Crippen molar-refractivity contribution < 1.29 is 5.11 Å². The van der Waals surface area contributed by atoms with Gasteiger partial charge in [0.25, 0.3) is 0 Å². The van der Waals surface area contributed by atoms with Crippen molar-refractivity contribution in [2.45, 2.75) is 44.2 Å². The molecule has 0 radical (unpaired) electrons. The van der Waals surface area contributed by atoms with Gasteiger partial charge >= 0.3 is 0 Å². The zero-order chi connectivity index (χ0) is 16.9. The highest BCUT2D eigenvalue weighted by Crippen LogP contribution is 2.29. The highest BCUT2D eigenvalue weighted by atomic mass is 16.3. The second-order valence-electron chi connectivity index (χ2n) is 7.29. The number of nitrogens with one attached hydrogen (secondary N) is 1. The lowest BCUT2D eigenvalue weighted by Crippen LogP contribution is -2.46. The molecule has 2 fully saturated rings. The van der Waals surface area contributed by atoms with E-state index in [4.69, 9.17) is 5.11 Å². The Labute approximate surface area is 145 Å². The minimum absolute atomic E-state index is 0.177. The minimum Gasteiger partial charge on any atom is -0.395 e. The van der Waals surface area contributed by atoms with E-state index in [1.54, 1.807) is 0 Å². The lowest BCUT2D eigenvalue weighted by atomic mass is 9.93. The Morgan fingerprint density at radius 1 is 1.17 bits per heavy atom. The van der Waals surface area contributed by atoms with Gasteiger partial charge in [-0.15, -0.1) is 10.2 Å². The first-order valence-electron chi connectivity index (χ1n) is 9.31. The maximum Gasteiger partial charge on any atom is 0.146 e. The summed E-state index contributed by atoms with van der Waals surface area (Å²) < 4.78 is 2.17. The predicted octanol–water partition coefficient (Wildman–Crippen LogP) is 0.171. The molecule has 1 aromatic rings. The Balaban J connectivity index is 1.55. The van der Waals surface area contributed by atoms with E-state index in [9.17, 15) is 0 Å². The number of likely N-dealkylation sites (N-methyl/N-ethyl adjacent to an activating group) is 1. The first-order valence-corrected chi connectivity index (χ1v) is 9.31. The molecule has 7 heteroatoms. The molecule has 3 heterocycles.